The molecule has 108 valence electrons. The van der Waals surface area contributed by atoms with Gasteiger partial charge in [0, 0.05) is 45.4 Å². The predicted octanol–water partition coefficient (Wildman–Crippen LogP) is 0.480. The predicted molar refractivity (Wildman–Crippen MR) is 71.3 cm³/mol. The molecule has 0 atom stereocenters. The second-order valence-electron chi connectivity index (χ2n) is 3.96. The summed E-state index contributed by atoms with van der Waals surface area (Å²) >= 11 is 0. The monoisotopic (exact) mass is 270 g/mol. The molecule has 0 radical (unpaired) electrons. The Morgan fingerprint density at radius 3 is 2.47 bits per heavy atom. The fourth-order valence-electron chi connectivity index (χ4n) is 1.55. The van der Waals surface area contributed by atoms with E-state index >= 15 is 0 Å². The lowest BCUT2D eigenvalue weighted by Gasteiger charge is -2.13. The second-order valence-corrected chi connectivity index (χ2v) is 3.96. The minimum atomic E-state index is -0.354. The lowest BCUT2D eigenvalue weighted by Crippen LogP contribution is -2.34. The van der Waals surface area contributed by atoms with Crippen molar-refractivity contribution in [3.05, 3.63) is 12.2 Å². The first-order valence-electron chi connectivity index (χ1n) is 5.94. The Morgan fingerprint density at radius 1 is 1.26 bits per heavy atom. The number of ether oxygens (including phenoxy) is 1. The van der Waals surface area contributed by atoms with Crippen LogP contribution in [-0.4, -0.2) is 49.4 Å². The van der Waals surface area contributed by atoms with E-state index in [0.717, 1.165) is 17.7 Å². The van der Waals surface area contributed by atoms with Gasteiger partial charge in [0.25, 0.3) is 11.8 Å². The molecular weight excluding hydrogens is 248 g/mol. The van der Waals surface area contributed by atoms with Crippen LogP contribution in [0.5, 0.6) is 0 Å². The number of nitrogens with one attached hydrogen (secondary N) is 1. The Bertz CT molecular complexity index is 335. The van der Waals surface area contributed by atoms with E-state index in [2.05, 4.69) is 5.32 Å². The smallest absolute Gasteiger partial charge is 0.253 e. The van der Waals surface area contributed by atoms with E-state index < -0.39 is 0 Å². The SMILES string of the molecule is C.COCCCCNC(=O)CCN1C(=O)C=CC1=O. The van der Waals surface area contributed by atoms with E-state index in [4.69, 9.17) is 4.74 Å². The minimum Gasteiger partial charge on any atom is -0.385 e. The van der Waals surface area contributed by atoms with Crippen molar-refractivity contribution in [2.24, 2.45) is 0 Å². The zero-order valence-electron chi connectivity index (χ0n) is 10.5. The number of amides is 3. The van der Waals surface area contributed by atoms with Gasteiger partial charge >= 0.3 is 0 Å². The van der Waals surface area contributed by atoms with Crippen molar-refractivity contribution in [1.82, 2.24) is 10.2 Å². The molecule has 1 aliphatic rings. The average molecular weight is 270 g/mol. The van der Waals surface area contributed by atoms with E-state index in [9.17, 15) is 14.4 Å². The van der Waals surface area contributed by atoms with Crippen molar-refractivity contribution in [1.29, 1.82) is 0 Å². The van der Waals surface area contributed by atoms with Gasteiger partial charge in [-0.05, 0) is 12.8 Å². The minimum absolute atomic E-state index is 0. The van der Waals surface area contributed by atoms with Crippen LogP contribution in [0.2, 0.25) is 0 Å². The van der Waals surface area contributed by atoms with Gasteiger partial charge < -0.3 is 10.1 Å². The Balaban J connectivity index is 0.00000324. The molecule has 1 aliphatic heterocycles. The Morgan fingerprint density at radius 2 is 1.89 bits per heavy atom. The number of hydrogen-bond donors (Lipinski definition) is 1. The van der Waals surface area contributed by atoms with Crippen molar-refractivity contribution in [2.75, 3.05) is 26.8 Å². The third-order valence-corrected chi connectivity index (χ3v) is 2.56. The summed E-state index contributed by atoms with van der Waals surface area (Å²) in [6.45, 7) is 1.40. The molecule has 0 aromatic rings. The van der Waals surface area contributed by atoms with Crippen molar-refractivity contribution in [3.8, 4) is 0 Å². The largest absolute Gasteiger partial charge is 0.385 e. The number of imide groups is 1. The normalized spacial score (nSPS) is 13.6. The van der Waals surface area contributed by atoms with Crippen LogP contribution in [0.25, 0.3) is 0 Å². The van der Waals surface area contributed by atoms with Crippen LogP contribution >= 0.6 is 0 Å². The van der Waals surface area contributed by atoms with Crippen LogP contribution in [0, 0.1) is 0 Å². The van der Waals surface area contributed by atoms with Crippen molar-refractivity contribution in [2.45, 2.75) is 26.7 Å². The van der Waals surface area contributed by atoms with Crippen molar-refractivity contribution in [3.63, 3.8) is 0 Å². The molecule has 0 saturated carbocycles. The Kier molecular flexibility index (Phi) is 8.44. The van der Waals surface area contributed by atoms with E-state index in [1.54, 1.807) is 7.11 Å². The quantitative estimate of drug-likeness (QED) is 0.514. The second kappa shape index (κ2) is 9.27. The third-order valence-electron chi connectivity index (χ3n) is 2.56. The molecule has 0 aromatic carbocycles. The summed E-state index contributed by atoms with van der Waals surface area (Å²) in [5, 5.41) is 2.73. The Hall–Kier alpha value is -1.69. The van der Waals surface area contributed by atoms with Gasteiger partial charge in [-0.3, -0.25) is 19.3 Å². The summed E-state index contributed by atoms with van der Waals surface area (Å²) in [5.74, 6) is -0.860. The molecule has 0 saturated heterocycles. The number of unbranched alkanes of at least 4 members (excludes halogenated alkanes) is 1. The van der Waals surface area contributed by atoms with Crippen molar-refractivity contribution < 1.29 is 19.1 Å². The van der Waals surface area contributed by atoms with Gasteiger partial charge in [0.05, 0.1) is 0 Å². The van der Waals surface area contributed by atoms with E-state index in [-0.39, 0.29) is 38.1 Å². The highest BCUT2D eigenvalue weighted by atomic mass is 16.5. The molecule has 1 N–H and O–H groups in total. The summed E-state index contributed by atoms with van der Waals surface area (Å²) in [7, 11) is 1.64. The van der Waals surface area contributed by atoms with Gasteiger partial charge in [0.15, 0.2) is 0 Å². The zero-order valence-corrected chi connectivity index (χ0v) is 10.5. The summed E-state index contributed by atoms with van der Waals surface area (Å²) in [6, 6.07) is 0. The number of rotatable bonds is 8. The summed E-state index contributed by atoms with van der Waals surface area (Å²) < 4.78 is 4.89. The van der Waals surface area contributed by atoms with Crippen LogP contribution in [0.1, 0.15) is 26.7 Å². The first-order chi connectivity index (χ1) is 8.65. The topological polar surface area (TPSA) is 75.7 Å². The van der Waals surface area contributed by atoms with Crippen LogP contribution in [0.4, 0.5) is 0 Å². The molecule has 19 heavy (non-hydrogen) atoms. The number of nitrogens with zero attached hydrogens (tertiary/aromatic N) is 1. The zero-order chi connectivity index (χ0) is 13.4. The molecule has 3 amide bonds. The lowest BCUT2D eigenvalue weighted by atomic mass is 10.3. The molecule has 1 rings (SSSR count). The maximum Gasteiger partial charge on any atom is 0.253 e. The number of methoxy groups -OCH3 is 1. The van der Waals surface area contributed by atoms with E-state index in [1.807, 2.05) is 0 Å². The fourth-order valence-corrected chi connectivity index (χ4v) is 1.55. The summed E-state index contributed by atoms with van der Waals surface area (Å²) in [4.78, 5) is 34.9. The van der Waals surface area contributed by atoms with Gasteiger partial charge in [0.1, 0.15) is 0 Å². The molecule has 6 heteroatoms. The third kappa shape index (κ3) is 6.15. The maximum absolute atomic E-state index is 11.4. The lowest BCUT2D eigenvalue weighted by molar-refractivity contribution is -0.137. The molecule has 6 nitrogen and oxygen atoms in total. The maximum atomic E-state index is 11.4. The van der Waals surface area contributed by atoms with Gasteiger partial charge in [-0.15, -0.1) is 0 Å². The standard InChI is InChI=1S/C12H18N2O4.CH4/c1-18-9-3-2-7-13-10(15)6-8-14-11(16)4-5-12(14)17;/h4-5H,2-3,6-9H2,1H3,(H,13,15);1H4. The number of carbonyl (C=O) groups excluding carboxylic acids is 3. The molecule has 0 aromatic heterocycles. The number of hydrogen-bond acceptors (Lipinski definition) is 4. The van der Waals surface area contributed by atoms with E-state index in [1.165, 1.54) is 12.2 Å². The highest BCUT2D eigenvalue weighted by molar-refractivity contribution is 6.13. The van der Waals surface area contributed by atoms with Crippen LogP contribution in [0.15, 0.2) is 12.2 Å². The fraction of sp³-hybridized carbons (Fsp3) is 0.615. The van der Waals surface area contributed by atoms with Gasteiger partial charge in [-0.25, -0.2) is 0 Å². The highest BCUT2D eigenvalue weighted by Gasteiger charge is 2.23. The van der Waals surface area contributed by atoms with Gasteiger partial charge in [-0.1, -0.05) is 7.43 Å². The highest BCUT2D eigenvalue weighted by Crippen LogP contribution is 2.03. The summed E-state index contributed by atoms with van der Waals surface area (Å²) in [6.07, 6.45) is 4.31. The van der Waals surface area contributed by atoms with E-state index in [0.29, 0.717) is 13.2 Å². The number of carbonyl (C=O) groups is 3. The van der Waals surface area contributed by atoms with Gasteiger partial charge in [-0.2, -0.15) is 0 Å². The van der Waals surface area contributed by atoms with Crippen LogP contribution in [-0.2, 0) is 19.1 Å². The molecule has 1 heterocycles. The first-order valence-corrected chi connectivity index (χ1v) is 5.94. The van der Waals surface area contributed by atoms with Crippen LogP contribution in [0.3, 0.4) is 0 Å². The summed E-state index contributed by atoms with van der Waals surface area (Å²) in [5.41, 5.74) is 0. The molecule has 0 aliphatic carbocycles. The van der Waals surface area contributed by atoms with Crippen LogP contribution < -0.4 is 5.32 Å². The molecular formula is C13H22N2O4. The molecule has 0 bridgehead atoms. The first kappa shape index (κ1) is 17.3. The average Bonchev–Trinajstić information content (AvgIpc) is 2.66. The molecule has 0 unspecified atom stereocenters. The van der Waals surface area contributed by atoms with Gasteiger partial charge in [0.2, 0.25) is 5.91 Å². The Labute approximate surface area is 113 Å². The van der Waals surface area contributed by atoms with Crippen molar-refractivity contribution >= 4 is 17.7 Å². The molecule has 0 fully saturated rings. The molecule has 0 spiro atoms.